The van der Waals surface area contributed by atoms with Crippen LogP contribution in [0.4, 0.5) is 13.2 Å². The van der Waals surface area contributed by atoms with Crippen molar-refractivity contribution in [1.82, 2.24) is 4.90 Å². The Morgan fingerprint density at radius 1 is 1.31 bits per heavy atom. The zero-order chi connectivity index (χ0) is 12.3. The minimum absolute atomic E-state index is 0.0709. The molecule has 0 spiro atoms. The summed E-state index contributed by atoms with van der Waals surface area (Å²) in [5, 5.41) is 0. The van der Waals surface area contributed by atoms with E-state index in [-0.39, 0.29) is 12.1 Å². The van der Waals surface area contributed by atoms with E-state index in [0.717, 1.165) is 19.3 Å². The van der Waals surface area contributed by atoms with Crippen LogP contribution in [0.25, 0.3) is 0 Å². The van der Waals surface area contributed by atoms with Gasteiger partial charge in [0.15, 0.2) is 0 Å². The first-order valence-electron chi connectivity index (χ1n) is 5.84. The summed E-state index contributed by atoms with van der Waals surface area (Å²) in [7, 11) is 0. The summed E-state index contributed by atoms with van der Waals surface area (Å²) in [5.41, 5.74) is 5.76. The van der Waals surface area contributed by atoms with Crippen LogP contribution in [-0.4, -0.2) is 36.2 Å². The second-order valence-corrected chi connectivity index (χ2v) is 5.08. The smallest absolute Gasteiger partial charge is 0.328 e. The number of hydrogen-bond acceptors (Lipinski definition) is 2. The molecule has 0 aromatic heterocycles. The van der Waals surface area contributed by atoms with E-state index in [4.69, 9.17) is 5.73 Å². The van der Waals surface area contributed by atoms with Crippen molar-refractivity contribution in [2.24, 2.45) is 11.7 Å². The number of alkyl halides is 3. The van der Waals surface area contributed by atoms with Crippen LogP contribution < -0.4 is 5.73 Å². The van der Waals surface area contributed by atoms with E-state index >= 15 is 0 Å². The molecular formula is C11H21F3N2. The summed E-state index contributed by atoms with van der Waals surface area (Å²) in [6, 6.07) is 0.114. The van der Waals surface area contributed by atoms with E-state index in [1.165, 1.54) is 4.90 Å². The maximum absolute atomic E-state index is 12.4. The molecule has 1 aliphatic rings. The van der Waals surface area contributed by atoms with Gasteiger partial charge in [-0.2, -0.15) is 13.2 Å². The predicted molar refractivity (Wildman–Crippen MR) is 58.1 cm³/mol. The number of hydrogen-bond donors (Lipinski definition) is 1. The lowest BCUT2D eigenvalue weighted by atomic mass is 10.1. The van der Waals surface area contributed by atoms with E-state index in [1.807, 2.05) is 0 Å². The molecule has 0 heterocycles. The van der Waals surface area contributed by atoms with Crippen molar-refractivity contribution in [2.45, 2.75) is 51.4 Å². The van der Waals surface area contributed by atoms with Crippen LogP contribution >= 0.6 is 0 Å². The maximum atomic E-state index is 12.4. The Hall–Kier alpha value is -0.290. The van der Waals surface area contributed by atoms with Crippen LogP contribution in [0.1, 0.15) is 33.1 Å². The van der Waals surface area contributed by atoms with Gasteiger partial charge in [-0.15, -0.1) is 0 Å². The van der Waals surface area contributed by atoms with Crippen LogP contribution in [0.3, 0.4) is 0 Å². The molecule has 0 amide bonds. The Labute approximate surface area is 95.0 Å². The monoisotopic (exact) mass is 238 g/mol. The molecule has 0 saturated heterocycles. The van der Waals surface area contributed by atoms with Crippen molar-refractivity contribution >= 4 is 0 Å². The summed E-state index contributed by atoms with van der Waals surface area (Å²) in [6.07, 6.45) is -1.34. The van der Waals surface area contributed by atoms with E-state index in [9.17, 15) is 13.2 Å². The van der Waals surface area contributed by atoms with Gasteiger partial charge < -0.3 is 5.73 Å². The Morgan fingerprint density at radius 2 is 1.94 bits per heavy atom. The molecule has 0 aromatic rings. The summed E-state index contributed by atoms with van der Waals surface area (Å²) < 4.78 is 37.1. The lowest BCUT2D eigenvalue weighted by molar-refractivity contribution is -0.150. The fourth-order valence-electron chi connectivity index (χ4n) is 2.30. The van der Waals surface area contributed by atoms with Gasteiger partial charge in [0.25, 0.3) is 0 Å². The van der Waals surface area contributed by atoms with Crippen molar-refractivity contribution < 1.29 is 13.2 Å². The highest BCUT2D eigenvalue weighted by Crippen LogP contribution is 2.27. The van der Waals surface area contributed by atoms with Crippen molar-refractivity contribution in [3.63, 3.8) is 0 Å². The number of halogens is 3. The minimum atomic E-state index is -4.11. The molecule has 0 aliphatic heterocycles. The largest absolute Gasteiger partial charge is 0.401 e. The molecular weight excluding hydrogens is 217 g/mol. The summed E-state index contributed by atoms with van der Waals surface area (Å²) >= 11 is 0. The lowest BCUT2D eigenvalue weighted by Crippen LogP contribution is -2.41. The lowest BCUT2D eigenvalue weighted by Gasteiger charge is -2.29. The average Bonchev–Trinajstić information content (AvgIpc) is 2.47. The Balaban J connectivity index is 2.45. The van der Waals surface area contributed by atoms with Gasteiger partial charge >= 0.3 is 6.18 Å². The topological polar surface area (TPSA) is 29.3 Å². The third-order valence-corrected chi connectivity index (χ3v) is 3.19. The van der Waals surface area contributed by atoms with Crippen LogP contribution in [-0.2, 0) is 0 Å². The van der Waals surface area contributed by atoms with E-state index in [0.29, 0.717) is 12.5 Å². The highest BCUT2D eigenvalue weighted by Gasteiger charge is 2.33. The predicted octanol–water partition coefficient (Wildman–Crippen LogP) is 2.39. The second kappa shape index (κ2) is 5.36. The molecule has 1 saturated carbocycles. The molecule has 0 aromatic carbocycles. The van der Waals surface area contributed by atoms with Crippen LogP contribution in [0.2, 0.25) is 0 Å². The molecule has 0 bridgehead atoms. The fourth-order valence-corrected chi connectivity index (χ4v) is 2.30. The van der Waals surface area contributed by atoms with Gasteiger partial charge in [0.2, 0.25) is 0 Å². The molecule has 1 rings (SSSR count). The molecule has 96 valence electrons. The van der Waals surface area contributed by atoms with Crippen molar-refractivity contribution in [2.75, 3.05) is 13.1 Å². The van der Waals surface area contributed by atoms with Crippen LogP contribution in [0.15, 0.2) is 0 Å². The fraction of sp³-hybridized carbons (Fsp3) is 1.00. The van der Waals surface area contributed by atoms with Gasteiger partial charge in [-0.05, 0) is 39.0 Å². The number of nitrogens with zero attached hydrogens (tertiary/aromatic N) is 1. The summed E-state index contributed by atoms with van der Waals surface area (Å²) in [5.74, 6) is 0.333. The molecule has 2 N–H and O–H groups in total. The van der Waals surface area contributed by atoms with Crippen molar-refractivity contribution in [3.8, 4) is 0 Å². The first kappa shape index (κ1) is 13.8. The van der Waals surface area contributed by atoms with Crippen LogP contribution in [0.5, 0.6) is 0 Å². The zero-order valence-electron chi connectivity index (χ0n) is 9.93. The summed E-state index contributed by atoms with van der Waals surface area (Å²) in [6.45, 7) is 3.32. The van der Waals surface area contributed by atoms with Gasteiger partial charge in [-0.1, -0.05) is 0 Å². The standard InChI is InChI=1S/C11H21F3N2/c1-8(2)16(7-11(12,13)14)6-9-3-4-10(15)5-9/h8-10H,3-7,15H2,1-2H3. The average molecular weight is 238 g/mol. The first-order chi connectivity index (χ1) is 7.28. The third-order valence-electron chi connectivity index (χ3n) is 3.19. The quantitative estimate of drug-likeness (QED) is 0.814. The molecule has 5 heteroatoms. The molecule has 2 atom stereocenters. The zero-order valence-corrected chi connectivity index (χ0v) is 9.93. The minimum Gasteiger partial charge on any atom is -0.328 e. The van der Waals surface area contributed by atoms with Gasteiger partial charge in [0, 0.05) is 18.6 Å². The van der Waals surface area contributed by atoms with Crippen molar-refractivity contribution in [1.29, 1.82) is 0 Å². The molecule has 16 heavy (non-hydrogen) atoms. The van der Waals surface area contributed by atoms with Gasteiger partial charge in [-0.3, -0.25) is 4.90 Å². The Kier molecular flexibility index (Phi) is 4.62. The third kappa shape index (κ3) is 4.70. The van der Waals surface area contributed by atoms with E-state index < -0.39 is 12.7 Å². The first-order valence-corrected chi connectivity index (χ1v) is 5.84. The number of rotatable bonds is 4. The van der Waals surface area contributed by atoms with Gasteiger partial charge in [0.1, 0.15) is 0 Å². The SMILES string of the molecule is CC(C)N(CC1CCC(N)C1)CC(F)(F)F. The molecule has 0 radical (unpaired) electrons. The van der Waals surface area contributed by atoms with Gasteiger partial charge in [-0.25, -0.2) is 0 Å². The van der Waals surface area contributed by atoms with Crippen LogP contribution in [0, 0.1) is 5.92 Å². The Bertz CT molecular complexity index is 216. The highest BCUT2D eigenvalue weighted by atomic mass is 19.4. The van der Waals surface area contributed by atoms with E-state index in [2.05, 4.69) is 0 Å². The maximum Gasteiger partial charge on any atom is 0.401 e. The summed E-state index contributed by atoms with van der Waals surface area (Å²) in [4.78, 5) is 1.50. The molecule has 2 unspecified atom stereocenters. The molecule has 2 nitrogen and oxygen atoms in total. The molecule has 1 aliphatic carbocycles. The highest BCUT2D eigenvalue weighted by molar-refractivity contribution is 4.81. The molecule has 1 fully saturated rings. The normalized spacial score (nSPS) is 27.0. The Morgan fingerprint density at radius 3 is 2.31 bits per heavy atom. The van der Waals surface area contributed by atoms with Crippen molar-refractivity contribution in [3.05, 3.63) is 0 Å². The van der Waals surface area contributed by atoms with E-state index in [1.54, 1.807) is 13.8 Å². The van der Waals surface area contributed by atoms with Gasteiger partial charge in [0.05, 0.1) is 6.54 Å². The number of nitrogens with two attached hydrogens (primary N) is 1. The second-order valence-electron chi connectivity index (χ2n) is 5.08.